The molecular weight excluding hydrogens is 358 g/mol. The van der Waals surface area contributed by atoms with Gasteiger partial charge in [-0.2, -0.15) is 5.10 Å². The molecule has 1 atom stereocenters. The summed E-state index contributed by atoms with van der Waals surface area (Å²) in [6.07, 6.45) is 4.86. The second-order valence-electron chi connectivity index (χ2n) is 7.78. The number of aromatic nitrogens is 3. The molecular formula is C20H25N5OS. The summed E-state index contributed by atoms with van der Waals surface area (Å²) in [7, 11) is 0. The van der Waals surface area contributed by atoms with E-state index in [-0.39, 0.29) is 5.54 Å². The maximum Gasteiger partial charge on any atom is 0.146 e. The molecule has 142 valence electrons. The van der Waals surface area contributed by atoms with Crippen LogP contribution in [0.4, 0.5) is 5.82 Å². The lowest BCUT2D eigenvalue weighted by atomic mass is 9.93. The van der Waals surface area contributed by atoms with Crippen molar-refractivity contribution in [3.8, 4) is 5.75 Å². The van der Waals surface area contributed by atoms with Crippen molar-refractivity contribution in [1.82, 2.24) is 14.8 Å². The average molecular weight is 384 g/mol. The van der Waals surface area contributed by atoms with E-state index in [1.165, 1.54) is 0 Å². The zero-order valence-corrected chi connectivity index (χ0v) is 16.7. The molecule has 1 aliphatic heterocycles. The van der Waals surface area contributed by atoms with Crippen molar-refractivity contribution < 1.29 is 4.74 Å². The van der Waals surface area contributed by atoms with E-state index in [0.717, 1.165) is 46.0 Å². The SMILES string of the molecule is CC(C)CC(C)(N)COc1ccc(C2=CCNc3ccnn32)c2scnc12. The Kier molecular flexibility index (Phi) is 4.65. The molecule has 1 aliphatic rings. The van der Waals surface area contributed by atoms with E-state index in [0.29, 0.717) is 12.5 Å². The molecule has 1 aromatic carbocycles. The Morgan fingerprint density at radius 3 is 3.04 bits per heavy atom. The van der Waals surface area contributed by atoms with Crippen molar-refractivity contribution in [3.05, 3.63) is 41.5 Å². The van der Waals surface area contributed by atoms with Crippen LogP contribution in [0, 0.1) is 5.92 Å². The van der Waals surface area contributed by atoms with Gasteiger partial charge in [-0.3, -0.25) is 0 Å². The summed E-state index contributed by atoms with van der Waals surface area (Å²) in [6.45, 7) is 7.63. The van der Waals surface area contributed by atoms with E-state index in [1.807, 2.05) is 29.2 Å². The van der Waals surface area contributed by atoms with Crippen LogP contribution in [0.25, 0.3) is 15.9 Å². The van der Waals surface area contributed by atoms with Gasteiger partial charge in [-0.05, 0) is 37.5 Å². The third-order valence-electron chi connectivity index (χ3n) is 4.60. The third-order valence-corrected chi connectivity index (χ3v) is 5.46. The zero-order chi connectivity index (χ0) is 19.0. The van der Waals surface area contributed by atoms with Crippen LogP contribution < -0.4 is 15.8 Å². The molecule has 0 bridgehead atoms. The van der Waals surface area contributed by atoms with Crippen LogP contribution in [-0.2, 0) is 0 Å². The van der Waals surface area contributed by atoms with E-state index < -0.39 is 0 Å². The van der Waals surface area contributed by atoms with Crippen LogP contribution in [0.3, 0.4) is 0 Å². The van der Waals surface area contributed by atoms with Crippen molar-refractivity contribution in [1.29, 1.82) is 0 Å². The maximum absolute atomic E-state index is 6.40. The summed E-state index contributed by atoms with van der Waals surface area (Å²) in [4.78, 5) is 4.56. The number of nitrogens with one attached hydrogen (secondary N) is 1. The fourth-order valence-electron chi connectivity index (χ4n) is 3.67. The van der Waals surface area contributed by atoms with Gasteiger partial charge in [-0.25, -0.2) is 9.67 Å². The molecule has 0 amide bonds. The molecule has 27 heavy (non-hydrogen) atoms. The van der Waals surface area contributed by atoms with E-state index in [1.54, 1.807) is 17.5 Å². The Morgan fingerprint density at radius 1 is 1.37 bits per heavy atom. The first kappa shape index (κ1) is 18.0. The number of hydrogen-bond donors (Lipinski definition) is 2. The van der Waals surface area contributed by atoms with Crippen LogP contribution in [0.15, 0.2) is 36.0 Å². The lowest BCUT2D eigenvalue weighted by Crippen LogP contribution is -2.43. The summed E-state index contributed by atoms with van der Waals surface area (Å²) in [5.41, 5.74) is 11.0. The van der Waals surface area contributed by atoms with E-state index in [2.05, 4.69) is 41.4 Å². The number of hydrogen-bond acceptors (Lipinski definition) is 6. The van der Waals surface area contributed by atoms with E-state index in [4.69, 9.17) is 10.5 Å². The predicted octanol–water partition coefficient (Wildman–Crippen LogP) is 3.95. The lowest BCUT2D eigenvalue weighted by molar-refractivity contribution is 0.208. The molecule has 0 aliphatic carbocycles. The zero-order valence-electron chi connectivity index (χ0n) is 15.9. The van der Waals surface area contributed by atoms with Crippen molar-refractivity contribution in [2.45, 2.75) is 32.7 Å². The predicted molar refractivity (Wildman–Crippen MR) is 111 cm³/mol. The Bertz CT molecular complexity index is 985. The molecule has 7 heteroatoms. The highest BCUT2D eigenvalue weighted by Crippen LogP contribution is 2.36. The van der Waals surface area contributed by atoms with Crippen LogP contribution in [0.5, 0.6) is 5.75 Å². The number of rotatable bonds is 6. The molecule has 0 saturated carbocycles. The summed E-state index contributed by atoms with van der Waals surface area (Å²) < 4.78 is 9.14. The van der Waals surface area contributed by atoms with Crippen molar-refractivity contribution in [3.63, 3.8) is 0 Å². The minimum atomic E-state index is -0.364. The van der Waals surface area contributed by atoms with Crippen molar-refractivity contribution in [2.24, 2.45) is 11.7 Å². The van der Waals surface area contributed by atoms with Gasteiger partial charge in [-0.1, -0.05) is 13.8 Å². The van der Waals surface area contributed by atoms with Crippen LogP contribution in [0.1, 0.15) is 32.8 Å². The van der Waals surface area contributed by atoms with Gasteiger partial charge in [0.05, 0.1) is 22.1 Å². The normalized spacial score (nSPS) is 16.0. The quantitative estimate of drug-likeness (QED) is 0.674. The molecule has 3 aromatic rings. The fraction of sp³-hybridized carbons (Fsp3) is 0.400. The highest BCUT2D eigenvalue weighted by molar-refractivity contribution is 7.17. The van der Waals surface area contributed by atoms with Gasteiger partial charge < -0.3 is 15.8 Å². The molecule has 6 nitrogen and oxygen atoms in total. The molecule has 0 fully saturated rings. The molecule has 3 N–H and O–H groups in total. The van der Waals surface area contributed by atoms with E-state index >= 15 is 0 Å². The van der Waals surface area contributed by atoms with Crippen LogP contribution >= 0.6 is 11.3 Å². The van der Waals surface area contributed by atoms with Gasteiger partial charge in [-0.15, -0.1) is 11.3 Å². The van der Waals surface area contributed by atoms with Gasteiger partial charge in [0.15, 0.2) is 0 Å². The Labute approximate surface area is 163 Å². The number of nitrogens with zero attached hydrogens (tertiary/aromatic N) is 3. The van der Waals surface area contributed by atoms with Gasteiger partial charge >= 0.3 is 0 Å². The van der Waals surface area contributed by atoms with Gasteiger partial charge in [0.2, 0.25) is 0 Å². The third kappa shape index (κ3) is 3.57. The number of fused-ring (bicyclic) bond motifs is 2. The summed E-state index contributed by atoms with van der Waals surface area (Å²) in [5, 5.41) is 7.77. The first-order valence-corrected chi connectivity index (χ1v) is 10.1. The first-order valence-electron chi connectivity index (χ1n) is 9.21. The fourth-order valence-corrected chi connectivity index (χ4v) is 4.50. The Balaban J connectivity index is 1.65. The van der Waals surface area contributed by atoms with Crippen LogP contribution in [-0.4, -0.2) is 33.5 Å². The Morgan fingerprint density at radius 2 is 2.22 bits per heavy atom. The second kappa shape index (κ2) is 6.98. The first-order chi connectivity index (χ1) is 12.9. The van der Waals surface area contributed by atoms with Crippen molar-refractivity contribution in [2.75, 3.05) is 18.5 Å². The molecule has 0 radical (unpaired) electrons. The minimum absolute atomic E-state index is 0.364. The van der Waals surface area contributed by atoms with Crippen LogP contribution in [0.2, 0.25) is 0 Å². The number of thiazole rings is 1. The summed E-state index contributed by atoms with van der Waals surface area (Å²) >= 11 is 1.62. The molecule has 3 heterocycles. The van der Waals surface area contributed by atoms with E-state index in [9.17, 15) is 0 Å². The standard InChI is InChI=1S/C20H25N5OS/c1-13(2)10-20(3,21)11-26-16-5-4-14(19-18(16)23-12-27-19)15-6-8-22-17-7-9-24-25(15)17/h4-7,9,12-13,22H,8,10-11,21H2,1-3H3. The van der Waals surface area contributed by atoms with Gasteiger partial charge in [0.1, 0.15) is 23.7 Å². The topological polar surface area (TPSA) is 78.0 Å². The van der Waals surface area contributed by atoms with Crippen molar-refractivity contribution >= 4 is 33.1 Å². The lowest BCUT2D eigenvalue weighted by Gasteiger charge is -2.26. The largest absolute Gasteiger partial charge is 0.489 e. The highest BCUT2D eigenvalue weighted by Gasteiger charge is 2.23. The molecule has 2 aromatic heterocycles. The maximum atomic E-state index is 6.40. The summed E-state index contributed by atoms with van der Waals surface area (Å²) in [5.74, 6) is 2.31. The number of benzene rings is 1. The molecule has 0 spiro atoms. The molecule has 1 unspecified atom stereocenters. The summed E-state index contributed by atoms with van der Waals surface area (Å²) in [6, 6.07) is 6.06. The highest BCUT2D eigenvalue weighted by atomic mass is 32.1. The Hall–Kier alpha value is -2.38. The minimum Gasteiger partial charge on any atom is -0.489 e. The number of anilines is 1. The smallest absolute Gasteiger partial charge is 0.146 e. The molecule has 4 rings (SSSR count). The van der Waals surface area contributed by atoms with Gasteiger partial charge in [0.25, 0.3) is 0 Å². The average Bonchev–Trinajstić information content (AvgIpc) is 3.27. The molecule has 0 saturated heterocycles. The second-order valence-corrected chi connectivity index (χ2v) is 8.64. The monoisotopic (exact) mass is 383 g/mol. The number of ether oxygens (including phenoxy) is 1. The van der Waals surface area contributed by atoms with Gasteiger partial charge in [0, 0.05) is 23.7 Å². The number of nitrogens with two attached hydrogens (primary N) is 1.